The number of rotatable bonds is 2. The second kappa shape index (κ2) is 4.86. The first-order valence-electron chi connectivity index (χ1n) is 6.93. The Morgan fingerprint density at radius 2 is 1.60 bits per heavy atom. The second-order valence-corrected chi connectivity index (χ2v) is 6.00. The van der Waals surface area contributed by atoms with Gasteiger partial charge in [0.25, 0.3) is 0 Å². The standard InChI is InChI=1S/C14H27N/c1-14(10-6-3-7-11-14)12-8-4-5-9-13(12)15-2/h12-13,15H,3-11H2,1-2H3. The van der Waals surface area contributed by atoms with Crippen LogP contribution in [-0.4, -0.2) is 13.1 Å². The van der Waals surface area contributed by atoms with Crippen LogP contribution in [0.2, 0.25) is 0 Å². The summed E-state index contributed by atoms with van der Waals surface area (Å²) in [6, 6.07) is 0.807. The van der Waals surface area contributed by atoms with Crippen LogP contribution < -0.4 is 5.32 Å². The smallest absolute Gasteiger partial charge is 0.00975 e. The first kappa shape index (κ1) is 11.4. The minimum atomic E-state index is 0.659. The Bertz CT molecular complexity index is 194. The van der Waals surface area contributed by atoms with Gasteiger partial charge in [0.2, 0.25) is 0 Å². The fourth-order valence-electron chi connectivity index (χ4n) is 4.04. The Morgan fingerprint density at radius 3 is 2.27 bits per heavy atom. The molecule has 0 aromatic heterocycles. The molecule has 2 atom stereocenters. The van der Waals surface area contributed by atoms with Gasteiger partial charge in [-0.05, 0) is 44.1 Å². The van der Waals surface area contributed by atoms with E-state index in [0.717, 1.165) is 12.0 Å². The van der Waals surface area contributed by atoms with Crippen molar-refractivity contribution in [2.45, 2.75) is 70.8 Å². The zero-order valence-corrected chi connectivity index (χ0v) is 10.5. The molecule has 1 N–H and O–H groups in total. The van der Waals surface area contributed by atoms with Crippen molar-refractivity contribution in [3.05, 3.63) is 0 Å². The lowest BCUT2D eigenvalue weighted by Crippen LogP contribution is -2.45. The summed E-state index contributed by atoms with van der Waals surface area (Å²) in [6.07, 6.45) is 13.2. The Kier molecular flexibility index (Phi) is 3.71. The van der Waals surface area contributed by atoms with Crippen molar-refractivity contribution in [3.8, 4) is 0 Å². The van der Waals surface area contributed by atoms with Crippen LogP contribution in [0.4, 0.5) is 0 Å². The molecule has 0 aromatic rings. The van der Waals surface area contributed by atoms with E-state index < -0.39 is 0 Å². The van der Waals surface area contributed by atoms with Gasteiger partial charge < -0.3 is 5.32 Å². The third-order valence-electron chi connectivity index (χ3n) is 5.03. The number of nitrogens with one attached hydrogen (secondary N) is 1. The molecule has 0 saturated heterocycles. The van der Waals surface area contributed by atoms with Crippen molar-refractivity contribution in [1.82, 2.24) is 5.32 Å². The second-order valence-electron chi connectivity index (χ2n) is 6.00. The lowest BCUT2D eigenvalue weighted by molar-refractivity contribution is 0.0618. The molecule has 1 nitrogen and oxygen atoms in total. The highest BCUT2D eigenvalue weighted by Crippen LogP contribution is 2.47. The van der Waals surface area contributed by atoms with Crippen LogP contribution >= 0.6 is 0 Å². The predicted molar refractivity (Wildman–Crippen MR) is 66.0 cm³/mol. The fraction of sp³-hybridized carbons (Fsp3) is 1.00. The maximum atomic E-state index is 3.58. The average molecular weight is 209 g/mol. The van der Waals surface area contributed by atoms with Gasteiger partial charge in [-0.25, -0.2) is 0 Å². The van der Waals surface area contributed by atoms with Gasteiger partial charge >= 0.3 is 0 Å². The van der Waals surface area contributed by atoms with Gasteiger partial charge in [0.1, 0.15) is 0 Å². The summed E-state index contributed by atoms with van der Waals surface area (Å²) < 4.78 is 0. The van der Waals surface area contributed by atoms with E-state index in [1.165, 1.54) is 57.8 Å². The number of hydrogen-bond donors (Lipinski definition) is 1. The molecular formula is C14H27N. The van der Waals surface area contributed by atoms with Crippen LogP contribution in [0.3, 0.4) is 0 Å². The molecule has 0 radical (unpaired) electrons. The molecule has 88 valence electrons. The van der Waals surface area contributed by atoms with E-state index in [4.69, 9.17) is 0 Å². The van der Waals surface area contributed by atoms with Gasteiger partial charge in [-0.15, -0.1) is 0 Å². The lowest BCUT2D eigenvalue weighted by atomic mass is 9.61. The zero-order valence-electron chi connectivity index (χ0n) is 10.5. The van der Waals surface area contributed by atoms with Crippen LogP contribution in [0, 0.1) is 11.3 Å². The molecule has 2 fully saturated rings. The maximum absolute atomic E-state index is 3.58. The lowest BCUT2D eigenvalue weighted by Gasteiger charge is -2.46. The van der Waals surface area contributed by atoms with Crippen LogP contribution in [0.15, 0.2) is 0 Å². The molecule has 0 aromatic carbocycles. The average Bonchev–Trinajstić information content (AvgIpc) is 2.30. The summed E-state index contributed by atoms with van der Waals surface area (Å²) in [7, 11) is 2.16. The minimum Gasteiger partial charge on any atom is -0.317 e. The number of hydrogen-bond acceptors (Lipinski definition) is 1. The minimum absolute atomic E-state index is 0.659. The molecule has 2 aliphatic rings. The first-order chi connectivity index (χ1) is 7.26. The van der Waals surface area contributed by atoms with E-state index in [1.807, 2.05) is 0 Å². The Labute approximate surface area is 95.0 Å². The van der Waals surface area contributed by atoms with E-state index in [0.29, 0.717) is 5.41 Å². The summed E-state index contributed by atoms with van der Waals surface area (Å²) in [4.78, 5) is 0. The largest absolute Gasteiger partial charge is 0.317 e. The first-order valence-corrected chi connectivity index (χ1v) is 6.93. The van der Waals surface area contributed by atoms with E-state index in [2.05, 4.69) is 19.3 Å². The molecule has 15 heavy (non-hydrogen) atoms. The molecule has 0 spiro atoms. The third kappa shape index (κ3) is 2.38. The van der Waals surface area contributed by atoms with Crippen molar-refractivity contribution in [1.29, 1.82) is 0 Å². The Morgan fingerprint density at radius 1 is 0.933 bits per heavy atom. The summed E-state index contributed by atoms with van der Waals surface area (Å²) >= 11 is 0. The van der Waals surface area contributed by atoms with Crippen LogP contribution in [0.1, 0.15) is 64.7 Å². The normalized spacial score (nSPS) is 36.4. The van der Waals surface area contributed by atoms with Crippen LogP contribution in [-0.2, 0) is 0 Å². The fourth-order valence-corrected chi connectivity index (χ4v) is 4.04. The zero-order chi connectivity index (χ0) is 10.7. The van der Waals surface area contributed by atoms with Crippen molar-refractivity contribution in [2.24, 2.45) is 11.3 Å². The molecule has 0 aliphatic heterocycles. The SMILES string of the molecule is CNC1CCCCC1C1(C)CCCCC1. The van der Waals surface area contributed by atoms with Gasteiger partial charge in [0, 0.05) is 6.04 Å². The van der Waals surface area contributed by atoms with Gasteiger partial charge in [0.05, 0.1) is 0 Å². The van der Waals surface area contributed by atoms with Crippen LogP contribution in [0.5, 0.6) is 0 Å². The van der Waals surface area contributed by atoms with E-state index in [-0.39, 0.29) is 0 Å². The topological polar surface area (TPSA) is 12.0 Å². The Balaban J connectivity index is 2.04. The molecular weight excluding hydrogens is 182 g/mol. The van der Waals surface area contributed by atoms with E-state index in [1.54, 1.807) is 0 Å². The van der Waals surface area contributed by atoms with E-state index >= 15 is 0 Å². The highest BCUT2D eigenvalue weighted by atomic mass is 14.9. The van der Waals surface area contributed by atoms with Crippen molar-refractivity contribution in [2.75, 3.05) is 7.05 Å². The molecule has 0 heterocycles. The molecule has 2 unspecified atom stereocenters. The Hall–Kier alpha value is -0.0400. The quantitative estimate of drug-likeness (QED) is 0.730. The maximum Gasteiger partial charge on any atom is 0.00975 e. The molecule has 0 bridgehead atoms. The summed E-state index contributed by atoms with van der Waals surface area (Å²) in [5.74, 6) is 0.955. The van der Waals surface area contributed by atoms with Gasteiger partial charge in [-0.1, -0.05) is 39.0 Å². The summed E-state index contributed by atoms with van der Waals surface area (Å²) in [5, 5.41) is 3.58. The van der Waals surface area contributed by atoms with E-state index in [9.17, 15) is 0 Å². The molecule has 2 aliphatic carbocycles. The molecule has 0 amide bonds. The van der Waals surface area contributed by atoms with Crippen LogP contribution in [0.25, 0.3) is 0 Å². The highest BCUT2D eigenvalue weighted by molar-refractivity contribution is 4.93. The molecule has 2 rings (SSSR count). The highest BCUT2D eigenvalue weighted by Gasteiger charge is 2.40. The predicted octanol–water partition coefficient (Wildman–Crippen LogP) is 3.74. The summed E-state index contributed by atoms with van der Waals surface area (Å²) in [5.41, 5.74) is 0.659. The molecule has 1 heteroatoms. The monoisotopic (exact) mass is 209 g/mol. The van der Waals surface area contributed by atoms with Crippen molar-refractivity contribution < 1.29 is 0 Å². The van der Waals surface area contributed by atoms with Gasteiger partial charge in [0.15, 0.2) is 0 Å². The van der Waals surface area contributed by atoms with Gasteiger partial charge in [-0.3, -0.25) is 0 Å². The molecule has 2 saturated carbocycles. The summed E-state index contributed by atoms with van der Waals surface area (Å²) in [6.45, 7) is 2.56. The third-order valence-corrected chi connectivity index (χ3v) is 5.03. The van der Waals surface area contributed by atoms with Crippen molar-refractivity contribution >= 4 is 0 Å². The van der Waals surface area contributed by atoms with Gasteiger partial charge in [-0.2, -0.15) is 0 Å². The van der Waals surface area contributed by atoms with Crippen molar-refractivity contribution in [3.63, 3.8) is 0 Å².